The molecule has 0 radical (unpaired) electrons. The lowest BCUT2D eigenvalue weighted by Gasteiger charge is -2.09. The van der Waals surface area contributed by atoms with E-state index < -0.39 is 11.2 Å². The highest BCUT2D eigenvalue weighted by molar-refractivity contribution is 9.10. The number of halogens is 1. The van der Waals surface area contributed by atoms with E-state index in [1.165, 1.54) is 30.3 Å². The molecule has 3 aromatic rings. The lowest BCUT2D eigenvalue weighted by atomic mass is 10.1. The molecule has 0 aliphatic heterocycles. The number of benzene rings is 1. The summed E-state index contributed by atoms with van der Waals surface area (Å²) in [5, 5.41) is 4.47. The predicted octanol–water partition coefficient (Wildman–Crippen LogP) is 4.38. The minimum atomic E-state index is -0.484. The fourth-order valence-electron chi connectivity index (χ4n) is 3.48. The number of unbranched alkanes of at least 4 members (excludes halogenated alkanes) is 5. The molecule has 0 saturated carbocycles. The number of hydrogen-bond donors (Lipinski definition) is 2. The maximum Gasteiger partial charge on any atom is 0.329 e. The Balaban J connectivity index is 1.89. The van der Waals surface area contributed by atoms with Crippen LogP contribution in [0.15, 0.2) is 43.4 Å². The van der Waals surface area contributed by atoms with Gasteiger partial charge in [-0.3, -0.25) is 14.3 Å². The zero-order valence-corrected chi connectivity index (χ0v) is 19.8. The van der Waals surface area contributed by atoms with Gasteiger partial charge in [-0.25, -0.2) is 10.2 Å². The van der Waals surface area contributed by atoms with Gasteiger partial charge in [0.1, 0.15) is 0 Å². The molecule has 0 spiro atoms. The molecular weight excluding hydrogens is 460 g/mol. The minimum absolute atomic E-state index is 0.346. The van der Waals surface area contributed by atoms with Crippen molar-refractivity contribution in [2.24, 2.45) is 12.1 Å². The van der Waals surface area contributed by atoms with Crippen LogP contribution in [0.4, 0.5) is 5.95 Å². The fraction of sp³-hybridized carbons (Fsp3) is 0.455. The summed E-state index contributed by atoms with van der Waals surface area (Å²) in [6.45, 7) is 4.72. The average Bonchev–Trinajstić information content (AvgIpc) is 3.12. The van der Waals surface area contributed by atoms with Crippen molar-refractivity contribution in [3.63, 3.8) is 0 Å². The number of anilines is 1. The molecule has 0 fully saturated rings. The second-order valence-corrected chi connectivity index (χ2v) is 8.58. The number of imidazole rings is 1. The fourth-order valence-corrected chi connectivity index (χ4v) is 3.74. The van der Waals surface area contributed by atoms with Gasteiger partial charge in [-0.05, 0) is 31.0 Å². The van der Waals surface area contributed by atoms with Crippen LogP contribution in [0.3, 0.4) is 0 Å². The first-order valence-corrected chi connectivity index (χ1v) is 11.5. The SMILES string of the molecule is CCCCCCCCn1c(N/N=C(/C)c2ccc(Br)cc2)nc2c1c(=O)[nH]c(=O)n2C. The standard InChI is InChI=1S/C22H29BrN6O2/c1-4-5-6-7-8-9-14-29-18-19(28(3)22(31)25-20(18)30)24-21(29)27-26-15(2)16-10-12-17(23)13-11-16/h10-13H,4-9,14H2,1-3H3,(H,24,27)(H,25,30,31)/b26-15-. The highest BCUT2D eigenvalue weighted by Gasteiger charge is 2.17. The number of nitrogens with zero attached hydrogens (tertiary/aromatic N) is 4. The van der Waals surface area contributed by atoms with Gasteiger partial charge in [0.05, 0.1) is 5.71 Å². The van der Waals surface area contributed by atoms with E-state index in [0.717, 1.165) is 28.6 Å². The van der Waals surface area contributed by atoms with E-state index >= 15 is 0 Å². The molecule has 9 heteroatoms. The van der Waals surface area contributed by atoms with E-state index in [-0.39, 0.29) is 0 Å². The van der Waals surface area contributed by atoms with Crippen LogP contribution in [0.1, 0.15) is 57.9 Å². The molecule has 166 valence electrons. The first-order valence-electron chi connectivity index (χ1n) is 10.7. The summed E-state index contributed by atoms with van der Waals surface area (Å²) in [6.07, 6.45) is 6.83. The quantitative estimate of drug-likeness (QED) is 0.251. The maximum atomic E-state index is 12.6. The van der Waals surface area contributed by atoms with Crippen LogP contribution >= 0.6 is 15.9 Å². The molecule has 0 bridgehead atoms. The van der Waals surface area contributed by atoms with Crippen molar-refractivity contribution in [2.45, 2.75) is 58.9 Å². The van der Waals surface area contributed by atoms with Gasteiger partial charge in [0.25, 0.3) is 5.56 Å². The third-order valence-corrected chi connectivity index (χ3v) is 5.86. The number of aryl methyl sites for hydroxylation is 2. The van der Waals surface area contributed by atoms with Gasteiger partial charge in [0.15, 0.2) is 11.2 Å². The van der Waals surface area contributed by atoms with Crippen LogP contribution < -0.4 is 16.7 Å². The van der Waals surface area contributed by atoms with E-state index in [1.54, 1.807) is 7.05 Å². The summed E-state index contributed by atoms with van der Waals surface area (Å²) in [6, 6.07) is 7.85. The smallest absolute Gasteiger partial charge is 0.303 e. The van der Waals surface area contributed by atoms with Crippen LogP contribution in [-0.2, 0) is 13.6 Å². The van der Waals surface area contributed by atoms with Crippen molar-refractivity contribution in [1.29, 1.82) is 0 Å². The Hall–Kier alpha value is -2.68. The zero-order valence-electron chi connectivity index (χ0n) is 18.2. The van der Waals surface area contributed by atoms with Gasteiger partial charge in [-0.1, -0.05) is 67.1 Å². The molecule has 0 amide bonds. The van der Waals surface area contributed by atoms with E-state index in [9.17, 15) is 9.59 Å². The van der Waals surface area contributed by atoms with Gasteiger partial charge < -0.3 is 4.57 Å². The number of rotatable bonds is 10. The summed E-state index contributed by atoms with van der Waals surface area (Å²) >= 11 is 3.43. The Kier molecular flexibility index (Phi) is 7.84. The van der Waals surface area contributed by atoms with E-state index in [2.05, 4.69) is 43.3 Å². The number of H-pyrrole nitrogens is 1. The number of hydrogen-bond acceptors (Lipinski definition) is 5. The molecule has 2 aromatic heterocycles. The predicted molar refractivity (Wildman–Crippen MR) is 129 cm³/mol. The normalized spacial score (nSPS) is 11.9. The first-order chi connectivity index (χ1) is 14.9. The van der Waals surface area contributed by atoms with E-state index in [4.69, 9.17) is 0 Å². The summed E-state index contributed by atoms with van der Waals surface area (Å²) in [7, 11) is 1.60. The van der Waals surface area contributed by atoms with Gasteiger partial charge in [0.2, 0.25) is 5.95 Å². The maximum absolute atomic E-state index is 12.6. The topological polar surface area (TPSA) is 97.1 Å². The van der Waals surface area contributed by atoms with E-state index in [1.807, 2.05) is 35.8 Å². The van der Waals surface area contributed by atoms with Crippen LogP contribution in [-0.4, -0.2) is 24.8 Å². The molecule has 8 nitrogen and oxygen atoms in total. The summed E-state index contributed by atoms with van der Waals surface area (Å²) < 4.78 is 4.18. The Bertz CT molecular complexity index is 1170. The monoisotopic (exact) mass is 488 g/mol. The number of hydrazone groups is 1. The van der Waals surface area contributed by atoms with Crippen molar-refractivity contribution in [3.8, 4) is 0 Å². The Morgan fingerprint density at radius 2 is 1.81 bits per heavy atom. The highest BCUT2D eigenvalue weighted by atomic mass is 79.9. The number of aromatic amines is 1. The number of fused-ring (bicyclic) bond motifs is 1. The molecule has 0 unspecified atom stereocenters. The van der Waals surface area contributed by atoms with Crippen molar-refractivity contribution in [3.05, 3.63) is 55.1 Å². The van der Waals surface area contributed by atoms with Crippen LogP contribution in [0.2, 0.25) is 0 Å². The van der Waals surface area contributed by atoms with Gasteiger partial charge in [-0.2, -0.15) is 10.1 Å². The van der Waals surface area contributed by atoms with Crippen molar-refractivity contribution < 1.29 is 0 Å². The van der Waals surface area contributed by atoms with Crippen molar-refractivity contribution in [1.82, 2.24) is 19.1 Å². The largest absolute Gasteiger partial charge is 0.329 e. The molecular formula is C22H29BrN6O2. The second-order valence-electron chi connectivity index (χ2n) is 7.66. The molecule has 2 heterocycles. The van der Waals surface area contributed by atoms with Gasteiger partial charge in [0, 0.05) is 18.1 Å². The Morgan fingerprint density at radius 3 is 2.52 bits per heavy atom. The highest BCUT2D eigenvalue weighted by Crippen LogP contribution is 2.18. The summed E-state index contributed by atoms with van der Waals surface area (Å²) in [5.74, 6) is 0.451. The molecule has 0 aliphatic rings. The van der Waals surface area contributed by atoms with Crippen LogP contribution in [0, 0.1) is 0 Å². The third-order valence-electron chi connectivity index (χ3n) is 5.33. The number of nitrogens with one attached hydrogen (secondary N) is 2. The second kappa shape index (κ2) is 10.6. The molecule has 0 aliphatic carbocycles. The molecule has 3 rings (SSSR count). The van der Waals surface area contributed by atoms with E-state index in [0.29, 0.717) is 23.7 Å². The lowest BCUT2D eigenvalue weighted by molar-refractivity contribution is 0.565. The molecule has 2 N–H and O–H groups in total. The molecule has 1 aromatic carbocycles. The minimum Gasteiger partial charge on any atom is -0.303 e. The van der Waals surface area contributed by atoms with Crippen LogP contribution in [0.5, 0.6) is 0 Å². The third kappa shape index (κ3) is 5.52. The average molecular weight is 489 g/mol. The van der Waals surface area contributed by atoms with Gasteiger partial charge >= 0.3 is 5.69 Å². The van der Waals surface area contributed by atoms with Gasteiger partial charge in [-0.15, -0.1) is 0 Å². The number of aromatic nitrogens is 4. The lowest BCUT2D eigenvalue weighted by Crippen LogP contribution is -2.29. The van der Waals surface area contributed by atoms with Crippen molar-refractivity contribution in [2.75, 3.05) is 5.43 Å². The Morgan fingerprint density at radius 1 is 1.13 bits per heavy atom. The zero-order chi connectivity index (χ0) is 22.4. The molecule has 31 heavy (non-hydrogen) atoms. The summed E-state index contributed by atoms with van der Waals surface area (Å²) in [5.41, 5.74) is 4.58. The van der Waals surface area contributed by atoms with Crippen molar-refractivity contribution >= 4 is 38.8 Å². The Labute approximate surface area is 189 Å². The first kappa shape index (κ1) is 23.0. The van der Waals surface area contributed by atoms with Crippen LogP contribution in [0.25, 0.3) is 11.2 Å². The molecule has 0 saturated heterocycles. The molecule has 0 atom stereocenters. The summed E-state index contributed by atoms with van der Waals surface area (Å²) in [4.78, 5) is 31.5.